The molecule has 1 aliphatic heterocycles. The number of carbonyl (C=O) groups excluding carboxylic acids is 1. The van der Waals surface area contributed by atoms with E-state index in [2.05, 4.69) is 5.32 Å². The van der Waals surface area contributed by atoms with Gasteiger partial charge >= 0.3 is 5.69 Å². The van der Waals surface area contributed by atoms with Gasteiger partial charge in [-0.05, 0) is 19.1 Å². The van der Waals surface area contributed by atoms with Gasteiger partial charge in [0, 0.05) is 19.2 Å². The van der Waals surface area contributed by atoms with Crippen molar-refractivity contribution in [2.24, 2.45) is 0 Å². The lowest BCUT2D eigenvalue weighted by atomic mass is 10.2. The van der Waals surface area contributed by atoms with Crippen LogP contribution < -0.4 is 5.32 Å². The van der Waals surface area contributed by atoms with E-state index in [9.17, 15) is 28.4 Å². The molecule has 0 saturated carbocycles. The zero-order valence-electron chi connectivity index (χ0n) is 11.0. The van der Waals surface area contributed by atoms with Gasteiger partial charge < -0.3 is 10.4 Å². The predicted octanol–water partition coefficient (Wildman–Crippen LogP) is -0.191. The molecule has 1 aromatic carbocycles. The Bertz CT molecular complexity index is 702. The molecule has 0 aliphatic carbocycles. The molecular formula is C11H13N3O6S. The maximum absolute atomic E-state index is 12.5. The summed E-state index contributed by atoms with van der Waals surface area (Å²) in [5.41, 5.74) is -0.704. The van der Waals surface area contributed by atoms with Gasteiger partial charge in [0.05, 0.1) is 9.82 Å². The average molecular weight is 315 g/mol. The van der Waals surface area contributed by atoms with Gasteiger partial charge in [0.2, 0.25) is 15.9 Å². The summed E-state index contributed by atoms with van der Waals surface area (Å²) in [6.07, 6.45) is 0. The Labute approximate surface area is 120 Å². The number of piperazine rings is 1. The second-order valence-electron chi connectivity index (χ2n) is 4.49. The van der Waals surface area contributed by atoms with Crippen molar-refractivity contribution in [3.8, 4) is 5.75 Å². The lowest BCUT2D eigenvalue weighted by Crippen LogP contribution is -2.55. The highest BCUT2D eigenvalue weighted by molar-refractivity contribution is 7.89. The van der Waals surface area contributed by atoms with E-state index in [1.54, 1.807) is 0 Å². The molecule has 0 bridgehead atoms. The Morgan fingerprint density at radius 3 is 2.76 bits per heavy atom. The van der Waals surface area contributed by atoms with Gasteiger partial charge in [-0.2, -0.15) is 4.31 Å². The Hall–Kier alpha value is -2.20. The lowest BCUT2D eigenvalue weighted by Gasteiger charge is -2.31. The van der Waals surface area contributed by atoms with E-state index >= 15 is 0 Å². The highest BCUT2D eigenvalue weighted by atomic mass is 32.2. The summed E-state index contributed by atoms with van der Waals surface area (Å²) in [4.78, 5) is 21.1. The molecule has 0 aromatic heterocycles. The van der Waals surface area contributed by atoms with E-state index in [1.807, 2.05) is 0 Å². The van der Waals surface area contributed by atoms with Crippen molar-refractivity contribution in [2.75, 3.05) is 13.1 Å². The Morgan fingerprint density at radius 1 is 1.48 bits per heavy atom. The maximum Gasteiger partial charge on any atom is 0.312 e. The lowest BCUT2D eigenvalue weighted by molar-refractivity contribution is -0.386. The molecule has 1 aliphatic rings. The first-order chi connectivity index (χ1) is 9.75. The molecule has 9 nitrogen and oxygen atoms in total. The molecule has 10 heteroatoms. The van der Waals surface area contributed by atoms with E-state index in [1.165, 1.54) is 6.92 Å². The second kappa shape index (κ2) is 5.30. The third-order valence-corrected chi connectivity index (χ3v) is 5.16. The zero-order valence-corrected chi connectivity index (χ0v) is 11.8. The Morgan fingerprint density at radius 2 is 2.14 bits per heavy atom. The summed E-state index contributed by atoms with van der Waals surface area (Å²) in [5, 5.41) is 22.7. The van der Waals surface area contributed by atoms with Crippen LogP contribution in [0.15, 0.2) is 23.1 Å². The number of sulfonamides is 1. The normalized spacial score (nSPS) is 20.0. The number of hydrogen-bond acceptors (Lipinski definition) is 6. The van der Waals surface area contributed by atoms with Gasteiger partial charge in [-0.25, -0.2) is 8.42 Å². The fourth-order valence-corrected chi connectivity index (χ4v) is 3.65. The molecular weight excluding hydrogens is 302 g/mol. The number of nitro benzene ring substituents is 1. The predicted molar refractivity (Wildman–Crippen MR) is 71.1 cm³/mol. The van der Waals surface area contributed by atoms with Crippen LogP contribution in [0.1, 0.15) is 6.92 Å². The van der Waals surface area contributed by atoms with Crippen LogP contribution in [0.25, 0.3) is 0 Å². The minimum atomic E-state index is -4.06. The largest absolute Gasteiger partial charge is 0.502 e. The van der Waals surface area contributed by atoms with Crippen LogP contribution >= 0.6 is 0 Å². The van der Waals surface area contributed by atoms with Crippen molar-refractivity contribution in [3.05, 3.63) is 28.3 Å². The molecule has 1 aromatic rings. The standard InChI is InChI=1S/C11H13N3O6S/c1-7-11(16)12-4-5-13(7)21(19,20)8-2-3-10(15)9(6-8)14(17)18/h2-3,6-7,15H,4-5H2,1H3,(H,12,16). The number of hydrogen-bond donors (Lipinski definition) is 2. The molecule has 1 saturated heterocycles. The third-order valence-electron chi connectivity index (χ3n) is 3.19. The van der Waals surface area contributed by atoms with Gasteiger partial charge in [-0.15, -0.1) is 0 Å². The number of nitrogens with one attached hydrogen (secondary N) is 1. The molecule has 0 radical (unpaired) electrons. The number of amides is 1. The fraction of sp³-hybridized carbons (Fsp3) is 0.364. The number of nitrogens with zero attached hydrogens (tertiary/aromatic N) is 2. The number of aromatic hydroxyl groups is 1. The third kappa shape index (κ3) is 2.67. The molecule has 1 fully saturated rings. The second-order valence-corrected chi connectivity index (χ2v) is 6.38. The molecule has 2 rings (SSSR count). The van der Waals surface area contributed by atoms with E-state index in [0.717, 1.165) is 22.5 Å². The summed E-state index contributed by atoms with van der Waals surface area (Å²) in [6, 6.07) is 1.89. The summed E-state index contributed by atoms with van der Waals surface area (Å²) >= 11 is 0. The minimum absolute atomic E-state index is 0.0733. The average Bonchev–Trinajstić information content (AvgIpc) is 2.41. The van der Waals surface area contributed by atoms with Crippen LogP contribution in [0, 0.1) is 10.1 Å². The van der Waals surface area contributed by atoms with Crippen molar-refractivity contribution in [2.45, 2.75) is 17.9 Å². The maximum atomic E-state index is 12.5. The molecule has 1 heterocycles. The number of nitro groups is 1. The number of rotatable bonds is 3. The first-order valence-corrected chi connectivity index (χ1v) is 7.46. The van der Waals surface area contributed by atoms with Crippen LogP contribution in [-0.2, 0) is 14.8 Å². The van der Waals surface area contributed by atoms with E-state index in [-0.39, 0.29) is 18.0 Å². The molecule has 2 N–H and O–H groups in total. The van der Waals surface area contributed by atoms with Crippen molar-refractivity contribution >= 4 is 21.6 Å². The van der Waals surface area contributed by atoms with Crippen molar-refractivity contribution in [1.82, 2.24) is 9.62 Å². The molecule has 21 heavy (non-hydrogen) atoms. The summed E-state index contributed by atoms with van der Waals surface area (Å²) in [7, 11) is -4.06. The zero-order chi connectivity index (χ0) is 15.8. The van der Waals surface area contributed by atoms with Crippen molar-refractivity contribution in [1.29, 1.82) is 0 Å². The van der Waals surface area contributed by atoms with Crippen LogP contribution in [0.3, 0.4) is 0 Å². The van der Waals surface area contributed by atoms with Crippen molar-refractivity contribution < 1.29 is 23.2 Å². The van der Waals surface area contributed by atoms with E-state index in [4.69, 9.17) is 0 Å². The molecule has 0 spiro atoms. The number of phenols is 1. The number of benzene rings is 1. The molecule has 114 valence electrons. The SMILES string of the molecule is CC1C(=O)NCCN1S(=O)(=O)c1ccc(O)c([N+](=O)[O-])c1. The highest BCUT2D eigenvalue weighted by Gasteiger charge is 2.36. The van der Waals surface area contributed by atoms with Gasteiger partial charge in [-0.1, -0.05) is 0 Å². The quantitative estimate of drug-likeness (QED) is 0.587. The Kier molecular flexibility index (Phi) is 3.83. The fourth-order valence-electron chi connectivity index (χ4n) is 2.04. The molecule has 1 atom stereocenters. The first-order valence-electron chi connectivity index (χ1n) is 6.02. The van der Waals surface area contributed by atoms with Gasteiger partial charge in [0.25, 0.3) is 0 Å². The Balaban J connectivity index is 2.47. The summed E-state index contributed by atoms with van der Waals surface area (Å²) in [6.45, 7) is 1.67. The topological polar surface area (TPSA) is 130 Å². The first kappa shape index (κ1) is 15.2. The van der Waals surface area contributed by atoms with Gasteiger partial charge in [0.1, 0.15) is 6.04 Å². The van der Waals surface area contributed by atoms with Crippen LogP contribution in [0.5, 0.6) is 5.75 Å². The molecule has 1 unspecified atom stereocenters. The van der Waals surface area contributed by atoms with Crippen LogP contribution in [0.2, 0.25) is 0 Å². The van der Waals surface area contributed by atoms with Gasteiger partial charge in [-0.3, -0.25) is 14.9 Å². The van der Waals surface area contributed by atoms with Gasteiger partial charge in [0.15, 0.2) is 5.75 Å². The van der Waals surface area contributed by atoms with Crippen molar-refractivity contribution in [3.63, 3.8) is 0 Å². The monoisotopic (exact) mass is 315 g/mol. The summed E-state index contributed by atoms with van der Waals surface area (Å²) < 4.78 is 25.9. The number of phenolic OH excluding ortho intramolecular Hbond substituents is 1. The van der Waals surface area contributed by atoms with Crippen LogP contribution in [-0.4, -0.2) is 47.8 Å². The molecule has 1 amide bonds. The summed E-state index contributed by atoms with van der Waals surface area (Å²) in [5.74, 6) is -1.05. The van der Waals surface area contributed by atoms with E-state index < -0.39 is 38.3 Å². The van der Waals surface area contributed by atoms with E-state index in [0.29, 0.717) is 0 Å². The number of carbonyl (C=O) groups is 1. The van der Waals surface area contributed by atoms with Crippen LogP contribution in [0.4, 0.5) is 5.69 Å². The highest BCUT2D eigenvalue weighted by Crippen LogP contribution is 2.30. The smallest absolute Gasteiger partial charge is 0.312 e. The minimum Gasteiger partial charge on any atom is -0.502 e.